The zero-order valence-corrected chi connectivity index (χ0v) is 21.3. The van der Waals surface area contributed by atoms with E-state index in [-0.39, 0.29) is 11.3 Å². The molecule has 0 fully saturated rings. The van der Waals surface area contributed by atoms with Crippen LogP contribution in [-0.2, 0) is 23.0 Å². The standard InChI is InChI=1S/C27H27F5N2O3S/c1-18-4-2-7-23(12-18)38(35,36)34-16-20(24-9-8-21(28)14-25(24)34)10-11-33-15-19-5-3-6-22(13-19)37-17-27(31,32)26(29)30/h2-6,8-9,12-14,16,23,26,33H,7,10-11,15,17H2,1H3. The summed E-state index contributed by atoms with van der Waals surface area (Å²) in [5, 5.41) is 3.05. The summed E-state index contributed by atoms with van der Waals surface area (Å²) in [5.74, 6) is -4.74. The highest BCUT2D eigenvalue weighted by atomic mass is 32.2. The number of aromatic nitrogens is 1. The lowest BCUT2D eigenvalue weighted by Gasteiger charge is -2.17. The number of rotatable bonds is 11. The summed E-state index contributed by atoms with van der Waals surface area (Å²) in [5.41, 5.74) is 2.51. The van der Waals surface area contributed by atoms with Crippen molar-refractivity contribution in [2.45, 2.75) is 43.9 Å². The summed E-state index contributed by atoms with van der Waals surface area (Å²) in [6.07, 6.45) is 3.82. The second-order valence-electron chi connectivity index (χ2n) is 9.17. The van der Waals surface area contributed by atoms with Crippen molar-refractivity contribution < 1.29 is 35.1 Å². The fourth-order valence-electron chi connectivity index (χ4n) is 4.25. The second kappa shape index (κ2) is 11.3. The van der Waals surface area contributed by atoms with Gasteiger partial charge in [0.15, 0.2) is 6.61 Å². The minimum atomic E-state index is -4.24. The molecule has 38 heavy (non-hydrogen) atoms. The molecule has 0 saturated heterocycles. The van der Waals surface area contributed by atoms with E-state index in [9.17, 15) is 30.4 Å². The van der Waals surface area contributed by atoms with Gasteiger partial charge in [-0.15, -0.1) is 0 Å². The largest absolute Gasteiger partial charge is 0.487 e. The lowest BCUT2D eigenvalue weighted by atomic mass is 10.1. The zero-order valence-electron chi connectivity index (χ0n) is 20.5. The number of nitrogens with zero attached hydrogens (tertiary/aromatic N) is 1. The Bertz CT molecular complexity index is 1460. The molecule has 3 aromatic rings. The number of allylic oxidation sites excluding steroid dienone is 3. The van der Waals surface area contributed by atoms with E-state index in [0.29, 0.717) is 36.9 Å². The maximum Gasteiger partial charge on any atom is 0.340 e. The minimum Gasteiger partial charge on any atom is -0.487 e. The van der Waals surface area contributed by atoms with Gasteiger partial charge < -0.3 is 10.1 Å². The highest BCUT2D eigenvalue weighted by Gasteiger charge is 2.41. The summed E-state index contributed by atoms with van der Waals surface area (Å²) in [4.78, 5) is 0. The molecule has 0 amide bonds. The van der Waals surface area contributed by atoms with Crippen LogP contribution in [0.15, 0.2) is 72.5 Å². The van der Waals surface area contributed by atoms with Gasteiger partial charge in [-0.25, -0.2) is 25.6 Å². The first-order chi connectivity index (χ1) is 18.0. The molecule has 204 valence electrons. The third kappa shape index (κ3) is 6.27. The lowest BCUT2D eigenvalue weighted by Crippen LogP contribution is -2.33. The summed E-state index contributed by atoms with van der Waals surface area (Å²) < 4.78 is 97.8. The van der Waals surface area contributed by atoms with E-state index in [2.05, 4.69) is 5.32 Å². The predicted octanol–water partition coefficient (Wildman–Crippen LogP) is 5.84. The number of fused-ring (bicyclic) bond motifs is 1. The molecule has 0 aliphatic heterocycles. The maximum absolute atomic E-state index is 14.1. The number of hydrogen-bond donors (Lipinski definition) is 1. The smallest absolute Gasteiger partial charge is 0.340 e. The summed E-state index contributed by atoms with van der Waals surface area (Å²) in [6.45, 7) is 1.15. The van der Waals surface area contributed by atoms with Crippen molar-refractivity contribution >= 4 is 20.9 Å². The molecule has 5 nitrogen and oxygen atoms in total. The molecule has 4 rings (SSSR count). The van der Waals surface area contributed by atoms with Crippen molar-refractivity contribution in [1.29, 1.82) is 0 Å². The van der Waals surface area contributed by atoms with Crippen molar-refractivity contribution in [2.24, 2.45) is 0 Å². The van der Waals surface area contributed by atoms with E-state index >= 15 is 0 Å². The van der Waals surface area contributed by atoms with Gasteiger partial charge in [0.25, 0.3) is 0 Å². The van der Waals surface area contributed by atoms with Gasteiger partial charge in [0.1, 0.15) is 16.8 Å². The van der Waals surface area contributed by atoms with Crippen LogP contribution in [0, 0.1) is 5.82 Å². The molecule has 1 N–H and O–H groups in total. The quantitative estimate of drug-likeness (QED) is 0.239. The molecular formula is C27H27F5N2O3S. The van der Waals surface area contributed by atoms with Gasteiger partial charge in [-0.1, -0.05) is 35.9 Å². The van der Waals surface area contributed by atoms with E-state index in [1.165, 1.54) is 30.5 Å². The van der Waals surface area contributed by atoms with Crippen LogP contribution in [0.2, 0.25) is 0 Å². The van der Waals surface area contributed by atoms with E-state index in [1.807, 2.05) is 13.0 Å². The molecule has 2 aromatic carbocycles. The molecule has 1 aliphatic rings. The van der Waals surface area contributed by atoms with Gasteiger partial charge in [-0.05, 0) is 67.8 Å². The Morgan fingerprint density at radius 3 is 2.71 bits per heavy atom. The Labute approximate surface area is 217 Å². The monoisotopic (exact) mass is 554 g/mol. The van der Waals surface area contributed by atoms with Crippen LogP contribution in [0.25, 0.3) is 10.9 Å². The number of alkyl halides is 4. The second-order valence-corrected chi connectivity index (χ2v) is 11.2. The molecule has 11 heteroatoms. The van der Waals surface area contributed by atoms with Crippen molar-refractivity contribution in [2.75, 3.05) is 13.2 Å². The van der Waals surface area contributed by atoms with Gasteiger partial charge >= 0.3 is 12.3 Å². The molecule has 1 atom stereocenters. The molecule has 1 unspecified atom stereocenters. The van der Waals surface area contributed by atoms with Crippen molar-refractivity contribution in [3.05, 3.63) is 89.4 Å². The maximum atomic E-state index is 14.1. The zero-order chi connectivity index (χ0) is 27.5. The first-order valence-electron chi connectivity index (χ1n) is 11.9. The Balaban J connectivity index is 1.44. The number of nitrogens with one attached hydrogen (secondary N) is 1. The van der Waals surface area contributed by atoms with Gasteiger partial charge in [-0.3, -0.25) is 0 Å². The van der Waals surface area contributed by atoms with Crippen molar-refractivity contribution in [1.82, 2.24) is 9.29 Å². The Hall–Kier alpha value is -3.18. The molecule has 1 aromatic heterocycles. The Kier molecular flexibility index (Phi) is 8.27. The normalized spacial score (nSPS) is 16.3. The molecule has 0 bridgehead atoms. The van der Waals surface area contributed by atoms with Gasteiger partial charge in [0.05, 0.1) is 5.52 Å². The third-order valence-corrected chi connectivity index (χ3v) is 8.16. The number of ether oxygens (including phenoxy) is 1. The van der Waals surface area contributed by atoms with Crippen LogP contribution >= 0.6 is 0 Å². The van der Waals surface area contributed by atoms with E-state index in [0.717, 1.165) is 15.1 Å². The molecule has 0 radical (unpaired) electrons. The van der Waals surface area contributed by atoms with Crippen molar-refractivity contribution in [3.8, 4) is 5.75 Å². The van der Waals surface area contributed by atoms with Crippen LogP contribution in [0.3, 0.4) is 0 Å². The number of benzene rings is 2. The van der Waals surface area contributed by atoms with Gasteiger partial charge in [-0.2, -0.15) is 8.78 Å². The van der Waals surface area contributed by atoms with Crippen LogP contribution < -0.4 is 10.1 Å². The van der Waals surface area contributed by atoms with Gasteiger partial charge in [0, 0.05) is 18.1 Å². The third-order valence-electron chi connectivity index (χ3n) is 6.22. The molecule has 1 heterocycles. The molecular weight excluding hydrogens is 527 g/mol. The number of hydrogen-bond acceptors (Lipinski definition) is 4. The van der Waals surface area contributed by atoms with E-state index in [4.69, 9.17) is 4.74 Å². The summed E-state index contributed by atoms with van der Waals surface area (Å²) in [6, 6.07) is 10.2. The predicted molar refractivity (Wildman–Crippen MR) is 136 cm³/mol. The minimum absolute atomic E-state index is 0.0433. The van der Waals surface area contributed by atoms with Crippen LogP contribution in [0.4, 0.5) is 22.0 Å². The fraction of sp³-hybridized carbons (Fsp3) is 0.333. The van der Waals surface area contributed by atoms with E-state index in [1.54, 1.807) is 30.4 Å². The van der Waals surface area contributed by atoms with Crippen LogP contribution in [0.1, 0.15) is 24.5 Å². The van der Waals surface area contributed by atoms with Crippen LogP contribution in [-0.4, -0.2) is 43.1 Å². The Morgan fingerprint density at radius 1 is 1.18 bits per heavy atom. The molecule has 1 aliphatic carbocycles. The van der Waals surface area contributed by atoms with Crippen molar-refractivity contribution in [3.63, 3.8) is 0 Å². The van der Waals surface area contributed by atoms with E-state index < -0.39 is 40.0 Å². The first kappa shape index (κ1) is 27.8. The Morgan fingerprint density at radius 2 is 1.97 bits per heavy atom. The fourth-order valence-corrected chi connectivity index (χ4v) is 5.98. The summed E-state index contributed by atoms with van der Waals surface area (Å²) >= 11 is 0. The average molecular weight is 555 g/mol. The van der Waals surface area contributed by atoms with Crippen LogP contribution in [0.5, 0.6) is 5.75 Å². The number of halogens is 5. The highest BCUT2D eigenvalue weighted by Crippen LogP contribution is 2.29. The summed E-state index contributed by atoms with van der Waals surface area (Å²) in [7, 11) is -3.83. The molecule has 0 spiro atoms. The SMILES string of the molecule is CC1=CC(S(=O)(=O)n2cc(CCNCc3cccc(OCC(F)(F)C(F)F)c3)c3ccc(F)cc32)CC=C1. The topological polar surface area (TPSA) is 60.3 Å². The van der Waals surface area contributed by atoms with Gasteiger partial charge in [0.2, 0.25) is 10.0 Å². The highest BCUT2D eigenvalue weighted by molar-refractivity contribution is 7.90. The lowest BCUT2D eigenvalue weighted by molar-refractivity contribution is -0.148. The molecule has 0 saturated carbocycles. The average Bonchev–Trinajstić information content (AvgIpc) is 3.24. The first-order valence-corrected chi connectivity index (χ1v) is 13.4.